The molecule has 1 aromatic rings. The average Bonchev–Trinajstić information content (AvgIpc) is 2.59. The van der Waals surface area contributed by atoms with E-state index in [-0.39, 0.29) is 11.3 Å². The first kappa shape index (κ1) is 12.4. The first-order valence-corrected chi connectivity index (χ1v) is 5.18. The highest BCUT2D eigenvalue weighted by Crippen LogP contribution is 2.14. The lowest BCUT2D eigenvalue weighted by Gasteiger charge is -2.17. The summed E-state index contributed by atoms with van der Waals surface area (Å²) in [5, 5.41) is 10.6. The quantitative estimate of drug-likeness (QED) is 0.592. The molecule has 0 atom stereocenters. The van der Waals surface area contributed by atoms with Gasteiger partial charge in [-0.25, -0.2) is 5.43 Å². The molecule has 2 N–H and O–H groups in total. The highest BCUT2D eigenvalue weighted by Gasteiger charge is 2.15. The third kappa shape index (κ3) is 3.18. The standard InChI is InChI=1S/C11H18N4O/c1-7-6-9(14-12-7)10(16)15-13-8(2)11(3,4)5/h6H,1-5H3,(H,12,14)(H,15,16)/b13-8+. The number of amides is 1. The van der Waals surface area contributed by atoms with Gasteiger partial charge in [0, 0.05) is 16.8 Å². The van der Waals surface area contributed by atoms with Gasteiger partial charge >= 0.3 is 0 Å². The number of hydrogen-bond acceptors (Lipinski definition) is 3. The normalized spacial score (nSPS) is 12.7. The second-order valence-electron chi connectivity index (χ2n) is 4.82. The van der Waals surface area contributed by atoms with Gasteiger partial charge in [0.15, 0.2) is 5.69 Å². The Morgan fingerprint density at radius 1 is 1.50 bits per heavy atom. The second-order valence-corrected chi connectivity index (χ2v) is 4.82. The lowest BCUT2D eigenvalue weighted by Crippen LogP contribution is -2.24. The van der Waals surface area contributed by atoms with Gasteiger partial charge in [0.2, 0.25) is 0 Å². The fraction of sp³-hybridized carbons (Fsp3) is 0.545. The van der Waals surface area contributed by atoms with E-state index in [9.17, 15) is 4.79 Å². The maximum absolute atomic E-state index is 11.6. The lowest BCUT2D eigenvalue weighted by atomic mass is 9.91. The summed E-state index contributed by atoms with van der Waals surface area (Å²) in [6, 6.07) is 1.68. The number of nitrogens with zero attached hydrogens (tertiary/aromatic N) is 2. The van der Waals surface area contributed by atoms with Crippen LogP contribution in [0.25, 0.3) is 0 Å². The van der Waals surface area contributed by atoms with E-state index in [0.29, 0.717) is 5.69 Å². The lowest BCUT2D eigenvalue weighted by molar-refractivity contribution is 0.0949. The van der Waals surface area contributed by atoms with Gasteiger partial charge in [-0.1, -0.05) is 20.8 Å². The molecule has 5 heteroatoms. The molecule has 1 aromatic heterocycles. The Morgan fingerprint density at radius 2 is 2.12 bits per heavy atom. The van der Waals surface area contributed by atoms with Gasteiger partial charge in [-0.15, -0.1) is 0 Å². The molecule has 1 heterocycles. The number of hydrazone groups is 1. The molecule has 0 radical (unpaired) electrons. The molecule has 5 nitrogen and oxygen atoms in total. The van der Waals surface area contributed by atoms with Crippen LogP contribution in [0.1, 0.15) is 43.9 Å². The van der Waals surface area contributed by atoms with Crippen molar-refractivity contribution in [3.63, 3.8) is 0 Å². The molecule has 88 valence electrons. The largest absolute Gasteiger partial charge is 0.291 e. The van der Waals surface area contributed by atoms with Crippen LogP contribution < -0.4 is 5.43 Å². The highest BCUT2D eigenvalue weighted by atomic mass is 16.2. The van der Waals surface area contributed by atoms with E-state index in [2.05, 4.69) is 20.7 Å². The first-order chi connectivity index (χ1) is 7.30. The van der Waals surface area contributed by atoms with E-state index >= 15 is 0 Å². The molecule has 0 spiro atoms. The van der Waals surface area contributed by atoms with Crippen molar-refractivity contribution in [1.29, 1.82) is 0 Å². The number of aromatic nitrogens is 2. The minimum Gasteiger partial charge on any atom is -0.282 e. The van der Waals surface area contributed by atoms with Crippen LogP contribution in [0.15, 0.2) is 11.2 Å². The third-order valence-corrected chi connectivity index (χ3v) is 2.35. The van der Waals surface area contributed by atoms with Crippen molar-refractivity contribution in [1.82, 2.24) is 15.6 Å². The van der Waals surface area contributed by atoms with Gasteiger partial charge in [0.05, 0.1) is 0 Å². The van der Waals surface area contributed by atoms with Gasteiger partial charge in [-0.3, -0.25) is 9.89 Å². The Balaban J connectivity index is 2.67. The molecule has 0 saturated heterocycles. The summed E-state index contributed by atoms with van der Waals surface area (Å²) >= 11 is 0. The molecule has 1 rings (SSSR count). The van der Waals surface area contributed by atoms with Crippen molar-refractivity contribution in [2.24, 2.45) is 10.5 Å². The Labute approximate surface area is 95.3 Å². The topological polar surface area (TPSA) is 70.1 Å². The maximum Gasteiger partial charge on any atom is 0.291 e. The number of rotatable bonds is 2. The van der Waals surface area contributed by atoms with Crippen LogP contribution in [0.4, 0.5) is 0 Å². The summed E-state index contributed by atoms with van der Waals surface area (Å²) in [4.78, 5) is 11.6. The van der Waals surface area contributed by atoms with Gasteiger partial charge in [0.25, 0.3) is 5.91 Å². The monoisotopic (exact) mass is 222 g/mol. The molecule has 0 saturated carbocycles. The average molecular weight is 222 g/mol. The molecule has 0 aliphatic heterocycles. The summed E-state index contributed by atoms with van der Waals surface area (Å²) in [5.41, 5.74) is 4.51. The second kappa shape index (κ2) is 4.47. The molecule has 0 unspecified atom stereocenters. The molecule has 0 aromatic carbocycles. The SMILES string of the molecule is C/C(=N\NC(=O)c1cc(C)[nH]n1)C(C)(C)C. The summed E-state index contributed by atoms with van der Waals surface area (Å²) in [5.74, 6) is -0.298. The van der Waals surface area contributed by atoms with Crippen LogP contribution in [0, 0.1) is 12.3 Å². The smallest absolute Gasteiger partial charge is 0.282 e. The molecule has 0 aliphatic rings. The first-order valence-electron chi connectivity index (χ1n) is 5.18. The number of aromatic amines is 1. The molecule has 0 aliphatic carbocycles. The van der Waals surface area contributed by atoms with Crippen LogP contribution in [0.2, 0.25) is 0 Å². The summed E-state index contributed by atoms with van der Waals surface area (Å²) in [7, 11) is 0. The summed E-state index contributed by atoms with van der Waals surface area (Å²) in [6.45, 7) is 9.84. The number of carbonyl (C=O) groups is 1. The number of nitrogens with one attached hydrogen (secondary N) is 2. The van der Waals surface area contributed by atoms with Crippen molar-refractivity contribution >= 4 is 11.6 Å². The van der Waals surface area contributed by atoms with E-state index in [0.717, 1.165) is 11.4 Å². The summed E-state index contributed by atoms with van der Waals surface area (Å²) in [6.07, 6.45) is 0. The fourth-order valence-electron chi connectivity index (χ4n) is 0.894. The van der Waals surface area contributed by atoms with Gasteiger partial charge in [-0.2, -0.15) is 10.2 Å². The van der Waals surface area contributed by atoms with E-state index in [1.165, 1.54) is 0 Å². The van der Waals surface area contributed by atoms with Crippen LogP contribution in [-0.4, -0.2) is 21.8 Å². The van der Waals surface area contributed by atoms with Gasteiger partial charge < -0.3 is 0 Å². The minimum absolute atomic E-state index is 0.0469. The maximum atomic E-state index is 11.6. The zero-order chi connectivity index (χ0) is 12.3. The molecular formula is C11H18N4O. The Bertz CT molecular complexity index is 412. The molecular weight excluding hydrogens is 204 g/mol. The third-order valence-electron chi connectivity index (χ3n) is 2.35. The molecule has 0 fully saturated rings. The van der Waals surface area contributed by atoms with E-state index in [1.54, 1.807) is 6.07 Å². The highest BCUT2D eigenvalue weighted by molar-refractivity contribution is 5.94. The predicted molar refractivity (Wildman–Crippen MR) is 63.4 cm³/mol. The van der Waals surface area contributed by atoms with Crippen LogP contribution in [0.3, 0.4) is 0 Å². The van der Waals surface area contributed by atoms with Gasteiger partial charge in [-0.05, 0) is 19.9 Å². The Kier molecular flexibility index (Phi) is 3.47. The zero-order valence-corrected chi connectivity index (χ0v) is 10.4. The van der Waals surface area contributed by atoms with Crippen molar-refractivity contribution in [2.45, 2.75) is 34.6 Å². The van der Waals surface area contributed by atoms with Crippen LogP contribution >= 0.6 is 0 Å². The Morgan fingerprint density at radius 3 is 2.56 bits per heavy atom. The molecule has 1 amide bonds. The van der Waals surface area contributed by atoms with Crippen molar-refractivity contribution < 1.29 is 4.79 Å². The fourth-order valence-corrected chi connectivity index (χ4v) is 0.894. The minimum atomic E-state index is -0.298. The molecule has 0 bridgehead atoms. The van der Waals surface area contributed by atoms with Crippen molar-refractivity contribution in [3.05, 3.63) is 17.5 Å². The van der Waals surface area contributed by atoms with Crippen molar-refractivity contribution in [2.75, 3.05) is 0 Å². The number of carbonyl (C=O) groups excluding carboxylic acids is 1. The Hall–Kier alpha value is -1.65. The molecule has 16 heavy (non-hydrogen) atoms. The van der Waals surface area contributed by atoms with E-state index in [1.807, 2.05) is 34.6 Å². The van der Waals surface area contributed by atoms with E-state index < -0.39 is 0 Å². The van der Waals surface area contributed by atoms with Crippen LogP contribution in [0.5, 0.6) is 0 Å². The van der Waals surface area contributed by atoms with Crippen LogP contribution in [-0.2, 0) is 0 Å². The van der Waals surface area contributed by atoms with Gasteiger partial charge in [0.1, 0.15) is 0 Å². The van der Waals surface area contributed by atoms with E-state index in [4.69, 9.17) is 0 Å². The summed E-state index contributed by atoms with van der Waals surface area (Å²) < 4.78 is 0. The van der Waals surface area contributed by atoms with Crippen molar-refractivity contribution in [3.8, 4) is 0 Å². The predicted octanol–water partition coefficient (Wildman–Crippen LogP) is 1.87. The number of hydrogen-bond donors (Lipinski definition) is 2. The zero-order valence-electron chi connectivity index (χ0n) is 10.4. The number of H-pyrrole nitrogens is 1. The number of aryl methyl sites for hydroxylation is 1.